The van der Waals surface area contributed by atoms with Gasteiger partial charge in [0.1, 0.15) is 5.75 Å². The van der Waals surface area contributed by atoms with Gasteiger partial charge in [-0.15, -0.1) is 0 Å². The Labute approximate surface area is 187 Å². The highest BCUT2D eigenvalue weighted by molar-refractivity contribution is 7.89. The number of sulfonamides is 1. The van der Waals surface area contributed by atoms with E-state index in [1.54, 1.807) is 31.3 Å². The van der Waals surface area contributed by atoms with Crippen LogP contribution in [0.2, 0.25) is 5.02 Å². The van der Waals surface area contributed by atoms with Gasteiger partial charge in [0.05, 0.1) is 18.0 Å². The van der Waals surface area contributed by atoms with Crippen LogP contribution in [0.4, 0.5) is 5.69 Å². The third-order valence-electron chi connectivity index (χ3n) is 4.39. The number of carbonyl (C=O) groups is 2. The second kappa shape index (κ2) is 11.1. The number of rotatable bonds is 10. The predicted molar refractivity (Wildman–Crippen MR) is 120 cm³/mol. The molecule has 0 saturated carbocycles. The Bertz CT molecular complexity index is 995. The molecular weight excluding hydrogens is 442 g/mol. The fourth-order valence-corrected chi connectivity index (χ4v) is 3.88. The summed E-state index contributed by atoms with van der Waals surface area (Å²) in [6.07, 6.45) is 0.589. The van der Waals surface area contributed by atoms with E-state index in [0.717, 1.165) is 4.31 Å². The second-order valence-electron chi connectivity index (χ2n) is 6.94. The van der Waals surface area contributed by atoms with Crippen molar-refractivity contribution in [3.63, 3.8) is 0 Å². The van der Waals surface area contributed by atoms with Crippen LogP contribution >= 0.6 is 11.6 Å². The lowest BCUT2D eigenvalue weighted by atomic mass is 10.3. The lowest BCUT2D eigenvalue weighted by Gasteiger charge is -2.22. The molecule has 0 aromatic heterocycles. The van der Waals surface area contributed by atoms with Gasteiger partial charge in [-0.25, -0.2) is 8.42 Å². The van der Waals surface area contributed by atoms with Crippen LogP contribution in [0.1, 0.15) is 13.3 Å². The molecule has 0 aliphatic rings. The molecule has 0 aliphatic heterocycles. The summed E-state index contributed by atoms with van der Waals surface area (Å²) in [5.41, 5.74) is 0.491. The molecular formula is C21H26ClN3O5S. The number of ether oxygens (including phenoxy) is 1. The maximum atomic E-state index is 12.7. The highest BCUT2D eigenvalue weighted by Crippen LogP contribution is 2.18. The minimum atomic E-state index is -3.84. The summed E-state index contributed by atoms with van der Waals surface area (Å²) in [6, 6.07) is 12.8. The summed E-state index contributed by atoms with van der Waals surface area (Å²) in [5, 5.41) is 3.20. The van der Waals surface area contributed by atoms with E-state index in [2.05, 4.69) is 5.32 Å². The van der Waals surface area contributed by atoms with Crippen LogP contribution < -0.4 is 10.1 Å². The van der Waals surface area contributed by atoms with E-state index in [9.17, 15) is 18.0 Å². The minimum absolute atomic E-state index is 0.0379. The molecule has 1 N–H and O–H groups in total. The highest BCUT2D eigenvalue weighted by atomic mass is 35.5. The second-order valence-corrected chi connectivity index (χ2v) is 9.42. The van der Waals surface area contributed by atoms with Gasteiger partial charge in [0.15, 0.2) is 0 Å². The number of benzene rings is 2. The standard InChI is InChI=1S/C21H26ClN3O5S/c1-16(26)23-18-7-11-20(12-8-18)31(28,29)25(3)15-21(27)24(2)13-4-14-30-19-9-5-17(22)6-10-19/h5-12H,4,13-15H2,1-3H3,(H,23,26). The van der Waals surface area contributed by atoms with Crippen molar-refractivity contribution in [2.45, 2.75) is 18.2 Å². The molecule has 0 bridgehead atoms. The molecule has 0 saturated heterocycles. The quantitative estimate of drug-likeness (QED) is 0.542. The Morgan fingerprint density at radius 3 is 2.23 bits per heavy atom. The molecule has 0 heterocycles. The van der Waals surface area contributed by atoms with Crippen molar-refractivity contribution in [3.8, 4) is 5.75 Å². The number of likely N-dealkylation sites (N-methyl/N-ethyl adjacent to an activating group) is 2. The van der Waals surface area contributed by atoms with E-state index in [1.807, 2.05) is 0 Å². The Kier molecular flexibility index (Phi) is 8.85. The van der Waals surface area contributed by atoms with Crippen LogP contribution in [0, 0.1) is 0 Å². The minimum Gasteiger partial charge on any atom is -0.494 e. The van der Waals surface area contributed by atoms with Crippen molar-refractivity contribution in [1.82, 2.24) is 9.21 Å². The summed E-state index contributed by atoms with van der Waals surface area (Å²) < 4.78 is 32.0. The number of amides is 2. The molecule has 2 aromatic carbocycles. The third-order valence-corrected chi connectivity index (χ3v) is 6.46. The fourth-order valence-electron chi connectivity index (χ4n) is 2.64. The van der Waals surface area contributed by atoms with Gasteiger partial charge >= 0.3 is 0 Å². The monoisotopic (exact) mass is 467 g/mol. The van der Waals surface area contributed by atoms with Crippen LogP contribution in [-0.2, 0) is 19.6 Å². The Morgan fingerprint density at radius 1 is 1.03 bits per heavy atom. The Hall–Kier alpha value is -2.62. The van der Waals surface area contributed by atoms with E-state index in [4.69, 9.17) is 16.3 Å². The van der Waals surface area contributed by atoms with E-state index in [0.29, 0.717) is 36.0 Å². The van der Waals surface area contributed by atoms with Crippen molar-refractivity contribution < 1.29 is 22.7 Å². The van der Waals surface area contributed by atoms with Crippen LogP contribution in [0.25, 0.3) is 0 Å². The molecule has 2 amide bonds. The van der Waals surface area contributed by atoms with Gasteiger partial charge in [-0.05, 0) is 55.0 Å². The first-order valence-corrected chi connectivity index (χ1v) is 11.4. The fraction of sp³-hybridized carbons (Fsp3) is 0.333. The van der Waals surface area contributed by atoms with Gasteiger partial charge in [-0.3, -0.25) is 9.59 Å². The van der Waals surface area contributed by atoms with Gasteiger partial charge < -0.3 is 15.0 Å². The van der Waals surface area contributed by atoms with E-state index in [1.165, 1.54) is 43.1 Å². The van der Waals surface area contributed by atoms with Gasteiger partial charge in [-0.2, -0.15) is 4.31 Å². The molecule has 10 heteroatoms. The Morgan fingerprint density at radius 2 is 1.65 bits per heavy atom. The van der Waals surface area contributed by atoms with Gasteiger partial charge in [0, 0.05) is 38.3 Å². The zero-order valence-electron chi connectivity index (χ0n) is 17.7. The zero-order chi connectivity index (χ0) is 23.0. The molecule has 2 aromatic rings. The average Bonchev–Trinajstić information content (AvgIpc) is 2.72. The number of anilines is 1. The predicted octanol–water partition coefficient (Wildman–Crippen LogP) is 2.85. The normalized spacial score (nSPS) is 11.3. The maximum Gasteiger partial charge on any atom is 0.243 e. The van der Waals surface area contributed by atoms with Gasteiger partial charge in [0.2, 0.25) is 21.8 Å². The smallest absolute Gasteiger partial charge is 0.243 e. The molecule has 0 aliphatic carbocycles. The number of hydrogen-bond donors (Lipinski definition) is 1. The van der Waals surface area contributed by atoms with E-state index < -0.39 is 10.0 Å². The van der Waals surface area contributed by atoms with E-state index >= 15 is 0 Å². The Balaban J connectivity index is 1.83. The summed E-state index contributed by atoms with van der Waals surface area (Å²) in [4.78, 5) is 25.0. The van der Waals surface area contributed by atoms with Crippen LogP contribution in [0.3, 0.4) is 0 Å². The molecule has 31 heavy (non-hydrogen) atoms. The molecule has 0 radical (unpaired) electrons. The summed E-state index contributed by atoms with van der Waals surface area (Å²) in [6.45, 7) is 1.91. The zero-order valence-corrected chi connectivity index (χ0v) is 19.2. The molecule has 0 spiro atoms. The van der Waals surface area contributed by atoms with Gasteiger partial charge in [0.25, 0.3) is 0 Å². The largest absolute Gasteiger partial charge is 0.494 e. The number of nitrogens with one attached hydrogen (secondary N) is 1. The number of halogens is 1. The van der Waals surface area contributed by atoms with Crippen molar-refractivity contribution in [1.29, 1.82) is 0 Å². The number of hydrogen-bond acceptors (Lipinski definition) is 5. The topological polar surface area (TPSA) is 96.0 Å². The number of nitrogens with zero attached hydrogens (tertiary/aromatic N) is 2. The van der Waals surface area contributed by atoms with Gasteiger partial charge in [-0.1, -0.05) is 11.6 Å². The first kappa shape index (κ1) is 24.6. The van der Waals surface area contributed by atoms with E-state index in [-0.39, 0.29) is 23.3 Å². The molecule has 0 fully saturated rings. The molecule has 2 rings (SSSR count). The molecule has 0 unspecified atom stereocenters. The molecule has 8 nitrogen and oxygen atoms in total. The molecule has 0 atom stereocenters. The summed E-state index contributed by atoms with van der Waals surface area (Å²) >= 11 is 5.83. The lowest BCUT2D eigenvalue weighted by molar-refractivity contribution is -0.130. The first-order chi connectivity index (χ1) is 14.6. The third kappa shape index (κ3) is 7.54. The summed E-state index contributed by atoms with van der Waals surface area (Å²) in [5.74, 6) is 0.112. The number of carbonyl (C=O) groups excluding carboxylic acids is 2. The lowest BCUT2D eigenvalue weighted by Crippen LogP contribution is -2.39. The molecule has 168 valence electrons. The average molecular weight is 468 g/mol. The van der Waals surface area contributed by atoms with Crippen LogP contribution in [0.15, 0.2) is 53.4 Å². The summed E-state index contributed by atoms with van der Waals surface area (Å²) in [7, 11) is -0.868. The van der Waals surface area contributed by atoms with Crippen LogP contribution in [-0.4, -0.2) is 63.2 Å². The first-order valence-electron chi connectivity index (χ1n) is 9.56. The van der Waals surface area contributed by atoms with Crippen molar-refractivity contribution in [2.75, 3.05) is 39.1 Å². The highest BCUT2D eigenvalue weighted by Gasteiger charge is 2.24. The van der Waals surface area contributed by atoms with Crippen LogP contribution in [0.5, 0.6) is 5.75 Å². The SMILES string of the molecule is CC(=O)Nc1ccc(S(=O)(=O)N(C)CC(=O)N(C)CCCOc2ccc(Cl)cc2)cc1. The van der Waals surface area contributed by atoms with Crippen molar-refractivity contribution in [3.05, 3.63) is 53.6 Å². The maximum absolute atomic E-state index is 12.7. The van der Waals surface area contributed by atoms with Crippen molar-refractivity contribution in [2.24, 2.45) is 0 Å². The van der Waals surface area contributed by atoms with Crippen molar-refractivity contribution >= 4 is 39.1 Å².